The van der Waals surface area contributed by atoms with Gasteiger partial charge < -0.3 is 10.1 Å². The molecule has 1 rings (SSSR count). The summed E-state index contributed by atoms with van der Waals surface area (Å²) in [6.45, 7) is 6.11. The van der Waals surface area contributed by atoms with Gasteiger partial charge in [-0.3, -0.25) is 0 Å². The lowest BCUT2D eigenvalue weighted by atomic mass is 10.1. The van der Waals surface area contributed by atoms with Gasteiger partial charge in [0.25, 0.3) is 0 Å². The van der Waals surface area contributed by atoms with Gasteiger partial charge in [-0.1, -0.05) is 6.08 Å². The van der Waals surface area contributed by atoms with Crippen molar-refractivity contribution >= 4 is 28.7 Å². The molecule has 1 aliphatic rings. The van der Waals surface area contributed by atoms with Gasteiger partial charge in [-0.15, -0.1) is 0 Å². The van der Waals surface area contributed by atoms with E-state index in [1.54, 1.807) is 0 Å². The van der Waals surface area contributed by atoms with Crippen molar-refractivity contribution < 1.29 is 9.53 Å². The van der Waals surface area contributed by atoms with Gasteiger partial charge in [-0.2, -0.15) is 0 Å². The number of halogens is 1. The minimum atomic E-state index is -0.435. The Labute approximate surface area is 110 Å². The average Bonchev–Trinajstić information content (AvgIpc) is 2.12. The number of carbonyl (C=O) groups is 1. The standard InChI is InChI=1S/C12H18INO2/c1-12(2,3)16-11(15)14-8-9-5-4-6-10(13)7-9/h5,7H,4,6,8H2,1-3H3,(H,14,15). The first-order chi connectivity index (χ1) is 7.37. The van der Waals surface area contributed by atoms with E-state index in [-0.39, 0.29) is 6.09 Å². The summed E-state index contributed by atoms with van der Waals surface area (Å²) in [4.78, 5) is 11.4. The van der Waals surface area contributed by atoms with Crippen LogP contribution >= 0.6 is 22.6 Å². The van der Waals surface area contributed by atoms with E-state index >= 15 is 0 Å². The molecule has 3 nitrogen and oxygen atoms in total. The normalized spacial score (nSPS) is 16.2. The Hall–Kier alpha value is -0.520. The van der Waals surface area contributed by atoms with Crippen molar-refractivity contribution in [2.24, 2.45) is 0 Å². The Bertz CT molecular complexity index is 326. The Morgan fingerprint density at radius 3 is 2.81 bits per heavy atom. The largest absolute Gasteiger partial charge is 0.444 e. The van der Waals surface area contributed by atoms with E-state index in [0.29, 0.717) is 6.54 Å². The van der Waals surface area contributed by atoms with E-state index in [9.17, 15) is 4.79 Å². The predicted octanol–water partition coefficient (Wildman–Crippen LogP) is 3.55. The number of ether oxygens (including phenoxy) is 1. The Morgan fingerprint density at radius 1 is 1.56 bits per heavy atom. The molecule has 1 amide bonds. The molecular weight excluding hydrogens is 317 g/mol. The highest BCUT2D eigenvalue weighted by atomic mass is 127. The maximum atomic E-state index is 11.4. The van der Waals surface area contributed by atoms with E-state index < -0.39 is 5.60 Å². The third kappa shape index (κ3) is 5.53. The van der Waals surface area contributed by atoms with Crippen molar-refractivity contribution in [1.82, 2.24) is 5.32 Å². The molecule has 16 heavy (non-hydrogen) atoms. The van der Waals surface area contributed by atoms with Crippen LogP contribution in [0.3, 0.4) is 0 Å². The number of nitrogens with one attached hydrogen (secondary N) is 1. The molecule has 0 aromatic rings. The molecule has 0 unspecified atom stereocenters. The second-order valence-corrected chi connectivity index (χ2v) is 6.15. The zero-order chi connectivity index (χ0) is 12.2. The topological polar surface area (TPSA) is 38.3 Å². The van der Waals surface area contributed by atoms with Gasteiger partial charge in [-0.05, 0) is 71.4 Å². The van der Waals surface area contributed by atoms with E-state index in [1.165, 1.54) is 3.58 Å². The van der Waals surface area contributed by atoms with Gasteiger partial charge in [0.15, 0.2) is 0 Å². The summed E-state index contributed by atoms with van der Waals surface area (Å²) in [6, 6.07) is 0. The highest BCUT2D eigenvalue weighted by Crippen LogP contribution is 2.21. The summed E-state index contributed by atoms with van der Waals surface area (Å²) >= 11 is 2.33. The Balaban J connectivity index is 2.35. The minimum absolute atomic E-state index is 0.359. The quantitative estimate of drug-likeness (QED) is 0.784. The van der Waals surface area contributed by atoms with Crippen LogP contribution in [-0.4, -0.2) is 18.2 Å². The van der Waals surface area contributed by atoms with E-state index in [2.05, 4.69) is 40.1 Å². The van der Waals surface area contributed by atoms with Gasteiger partial charge >= 0.3 is 6.09 Å². The molecule has 0 saturated heterocycles. The molecule has 0 aromatic carbocycles. The summed E-state index contributed by atoms with van der Waals surface area (Å²) in [6.07, 6.45) is 6.07. The molecule has 0 fully saturated rings. The molecule has 0 atom stereocenters. The van der Waals surface area contributed by atoms with Crippen LogP contribution in [0.15, 0.2) is 21.3 Å². The van der Waals surface area contributed by atoms with Crippen LogP contribution in [0.25, 0.3) is 0 Å². The van der Waals surface area contributed by atoms with Crippen molar-refractivity contribution in [3.8, 4) is 0 Å². The average molecular weight is 335 g/mol. The van der Waals surface area contributed by atoms with Crippen LogP contribution in [0.2, 0.25) is 0 Å². The first-order valence-electron chi connectivity index (χ1n) is 5.39. The monoisotopic (exact) mass is 335 g/mol. The van der Waals surface area contributed by atoms with Crippen molar-refractivity contribution in [1.29, 1.82) is 0 Å². The number of hydrogen-bond donors (Lipinski definition) is 1. The van der Waals surface area contributed by atoms with E-state index in [0.717, 1.165) is 18.4 Å². The highest BCUT2D eigenvalue weighted by Gasteiger charge is 2.15. The second-order valence-electron chi connectivity index (χ2n) is 4.76. The highest BCUT2D eigenvalue weighted by molar-refractivity contribution is 14.1. The first kappa shape index (κ1) is 13.5. The lowest BCUT2D eigenvalue weighted by Crippen LogP contribution is -2.33. The second kappa shape index (κ2) is 5.70. The molecule has 0 bridgehead atoms. The van der Waals surface area contributed by atoms with Crippen LogP contribution in [0, 0.1) is 0 Å². The molecule has 1 aliphatic carbocycles. The van der Waals surface area contributed by atoms with Crippen LogP contribution in [0.1, 0.15) is 33.6 Å². The molecule has 90 valence electrons. The number of rotatable bonds is 2. The van der Waals surface area contributed by atoms with Crippen molar-refractivity contribution in [3.63, 3.8) is 0 Å². The fourth-order valence-corrected chi connectivity index (χ4v) is 2.05. The summed E-state index contributed by atoms with van der Waals surface area (Å²) in [5, 5.41) is 2.75. The van der Waals surface area contributed by atoms with Gasteiger partial charge in [0.1, 0.15) is 5.60 Å². The molecule has 0 aromatic heterocycles. The number of carbonyl (C=O) groups excluding carboxylic acids is 1. The first-order valence-corrected chi connectivity index (χ1v) is 6.47. The fraction of sp³-hybridized carbons (Fsp3) is 0.583. The third-order valence-electron chi connectivity index (χ3n) is 1.97. The molecule has 0 radical (unpaired) electrons. The summed E-state index contributed by atoms with van der Waals surface area (Å²) in [5.41, 5.74) is 0.719. The Kier molecular flexibility index (Phi) is 4.83. The zero-order valence-electron chi connectivity index (χ0n) is 9.97. The maximum absolute atomic E-state index is 11.4. The lowest BCUT2D eigenvalue weighted by Gasteiger charge is -2.20. The number of amides is 1. The molecule has 4 heteroatoms. The summed E-state index contributed by atoms with van der Waals surface area (Å²) in [7, 11) is 0. The van der Waals surface area contributed by atoms with Crippen molar-refractivity contribution in [2.75, 3.05) is 6.54 Å². The van der Waals surface area contributed by atoms with Crippen LogP contribution in [-0.2, 0) is 4.74 Å². The van der Waals surface area contributed by atoms with Gasteiger partial charge in [0, 0.05) is 6.54 Å². The van der Waals surface area contributed by atoms with Crippen LogP contribution in [0.4, 0.5) is 4.79 Å². The van der Waals surface area contributed by atoms with E-state index in [4.69, 9.17) is 4.74 Å². The van der Waals surface area contributed by atoms with E-state index in [1.807, 2.05) is 20.8 Å². The molecular formula is C12H18INO2. The number of alkyl carbamates (subject to hydrolysis) is 1. The Morgan fingerprint density at radius 2 is 2.25 bits per heavy atom. The zero-order valence-corrected chi connectivity index (χ0v) is 12.1. The predicted molar refractivity (Wildman–Crippen MR) is 73.7 cm³/mol. The molecule has 0 aliphatic heterocycles. The van der Waals surface area contributed by atoms with Crippen LogP contribution in [0.5, 0.6) is 0 Å². The SMILES string of the molecule is CC(C)(C)OC(=O)NCC1=CCCC(I)=C1. The van der Waals surface area contributed by atoms with Gasteiger partial charge in [0.2, 0.25) is 0 Å². The summed E-state index contributed by atoms with van der Waals surface area (Å²) in [5.74, 6) is 0. The molecule has 0 heterocycles. The smallest absolute Gasteiger partial charge is 0.407 e. The van der Waals surface area contributed by atoms with Crippen LogP contribution < -0.4 is 5.32 Å². The molecule has 1 N–H and O–H groups in total. The molecule has 0 spiro atoms. The minimum Gasteiger partial charge on any atom is -0.444 e. The van der Waals surface area contributed by atoms with Gasteiger partial charge in [-0.25, -0.2) is 4.79 Å². The fourth-order valence-electron chi connectivity index (χ4n) is 1.34. The van der Waals surface area contributed by atoms with Gasteiger partial charge in [0.05, 0.1) is 0 Å². The lowest BCUT2D eigenvalue weighted by molar-refractivity contribution is 0.0533. The number of allylic oxidation sites excluding steroid dienone is 2. The number of hydrogen-bond acceptors (Lipinski definition) is 2. The molecule has 0 saturated carbocycles. The maximum Gasteiger partial charge on any atom is 0.407 e. The third-order valence-corrected chi connectivity index (χ3v) is 2.82. The van der Waals surface area contributed by atoms with Crippen molar-refractivity contribution in [2.45, 2.75) is 39.2 Å². The van der Waals surface area contributed by atoms with Crippen molar-refractivity contribution in [3.05, 3.63) is 21.3 Å². The summed E-state index contributed by atoms with van der Waals surface area (Å²) < 4.78 is 6.49.